The Bertz CT molecular complexity index is 1840. The fourth-order valence-electron chi connectivity index (χ4n) is 4.66. The van der Waals surface area contributed by atoms with Crippen molar-refractivity contribution in [3.63, 3.8) is 0 Å². The van der Waals surface area contributed by atoms with Crippen LogP contribution in [0.3, 0.4) is 0 Å². The van der Waals surface area contributed by atoms with Crippen molar-refractivity contribution >= 4 is 31.9 Å². The molecule has 2 aromatic heterocycles. The van der Waals surface area contributed by atoms with Crippen LogP contribution in [-0.4, -0.2) is 100 Å². The van der Waals surface area contributed by atoms with Crippen molar-refractivity contribution in [2.75, 3.05) is 67.1 Å². The van der Waals surface area contributed by atoms with Crippen LogP contribution in [0.1, 0.15) is 5.69 Å². The van der Waals surface area contributed by atoms with E-state index in [1.54, 1.807) is 6.07 Å². The van der Waals surface area contributed by atoms with Crippen molar-refractivity contribution in [1.82, 2.24) is 13.9 Å². The molecule has 0 amide bonds. The van der Waals surface area contributed by atoms with E-state index in [1.807, 2.05) is 0 Å². The maximum Gasteiger partial charge on any atom is 0.387 e. The molecule has 1 unspecified atom stereocenters. The zero-order valence-corrected chi connectivity index (χ0v) is 27.6. The van der Waals surface area contributed by atoms with Crippen LogP contribution < -0.4 is 23.7 Å². The van der Waals surface area contributed by atoms with Crippen LogP contribution in [0.15, 0.2) is 58.7 Å². The summed E-state index contributed by atoms with van der Waals surface area (Å²) in [5.74, 6) is 0.200. The Labute approximate surface area is 277 Å². The Hall–Kier alpha value is -4.10. The largest absolute Gasteiger partial charge is 0.493 e. The van der Waals surface area contributed by atoms with Gasteiger partial charge in [-0.15, -0.1) is 0 Å². The van der Waals surface area contributed by atoms with Crippen LogP contribution in [0, 0.1) is 0 Å². The number of rotatable bonds is 9. The van der Waals surface area contributed by atoms with E-state index in [0.717, 1.165) is 10.0 Å². The first kappa shape index (κ1) is 35.2. The van der Waals surface area contributed by atoms with E-state index in [0.29, 0.717) is 32.2 Å². The van der Waals surface area contributed by atoms with Gasteiger partial charge in [0.1, 0.15) is 19.0 Å². The molecule has 1 aliphatic rings. The minimum atomic E-state index is -4.63. The molecule has 0 aliphatic carbocycles. The third-order valence-electron chi connectivity index (χ3n) is 6.79. The first-order chi connectivity index (χ1) is 23.2. The molecular weight excluding hydrogens is 680 g/mol. The van der Waals surface area contributed by atoms with E-state index in [-0.39, 0.29) is 76.8 Å². The van der Waals surface area contributed by atoms with Gasteiger partial charge in [0.2, 0.25) is 5.16 Å². The number of halogens is 2. The highest BCUT2D eigenvalue weighted by atomic mass is 32.2. The third-order valence-corrected chi connectivity index (χ3v) is 9.82. The molecule has 0 fully saturated rings. The molecule has 48 heavy (non-hydrogen) atoms. The predicted octanol–water partition coefficient (Wildman–Crippen LogP) is 3.42. The summed E-state index contributed by atoms with van der Waals surface area (Å²) in [4.78, 5) is 8.29. The maximum atomic E-state index is 14.4. The van der Waals surface area contributed by atoms with Gasteiger partial charge in [-0.25, -0.2) is 17.4 Å². The summed E-state index contributed by atoms with van der Waals surface area (Å²) in [7, 11) is -3.99. The molecule has 0 N–H and O–H groups in total. The number of benzene rings is 2. The van der Waals surface area contributed by atoms with Crippen LogP contribution in [0.4, 0.5) is 8.78 Å². The van der Waals surface area contributed by atoms with Crippen LogP contribution in [0.5, 0.6) is 28.7 Å². The Kier molecular flexibility index (Phi) is 12.0. The molecule has 1 atom stereocenters. The number of fused-ring (bicyclic) bond motifs is 2. The summed E-state index contributed by atoms with van der Waals surface area (Å²) < 4.78 is 113. The van der Waals surface area contributed by atoms with Crippen LogP contribution >= 0.6 is 0 Å². The van der Waals surface area contributed by atoms with Crippen LogP contribution in [0.25, 0.3) is 11.0 Å². The Morgan fingerprint density at radius 1 is 0.875 bits per heavy atom. The monoisotopic (exact) mass is 713 g/mol. The van der Waals surface area contributed by atoms with Crippen molar-refractivity contribution in [1.29, 1.82) is 0 Å². The number of aromatic nitrogens is 3. The average molecular weight is 714 g/mol. The van der Waals surface area contributed by atoms with Crippen LogP contribution in [-0.2, 0) is 40.8 Å². The fourth-order valence-corrected chi connectivity index (χ4v) is 7.62. The first-order valence-electron chi connectivity index (χ1n) is 14.5. The number of imidazole rings is 1. The SMILES string of the molecule is COc1ccnc(CS(=O)c2nc3ccc(OC(F)F)cc3n2S(=O)(=O)c2ccc3c(c2)OCCOCCOCCOCCO3)c1OC. The molecule has 1 aliphatic heterocycles. The number of alkyl halides is 2. The number of hydrogen-bond acceptors (Lipinski definition) is 13. The number of ether oxygens (including phenoxy) is 8. The number of methoxy groups -OCH3 is 2. The van der Waals surface area contributed by atoms with Gasteiger partial charge in [-0.1, -0.05) is 0 Å². The molecule has 0 bridgehead atoms. The van der Waals surface area contributed by atoms with Gasteiger partial charge in [-0.05, 0) is 24.3 Å². The lowest BCUT2D eigenvalue weighted by Crippen LogP contribution is -2.18. The van der Waals surface area contributed by atoms with Gasteiger partial charge in [0.25, 0.3) is 10.0 Å². The molecule has 260 valence electrons. The number of nitrogens with zero attached hydrogens (tertiary/aromatic N) is 3. The minimum absolute atomic E-state index is 0.0589. The van der Waals surface area contributed by atoms with Gasteiger partial charge < -0.3 is 37.9 Å². The topological polar surface area (TPSA) is 156 Å². The van der Waals surface area contributed by atoms with Crippen molar-refractivity contribution in [2.24, 2.45) is 0 Å². The second-order valence-electron chi connectivity index (χ2n) is 9.82. The van der Waals surface area contributed by atoms with E-state index in [9.17, 15) is 21.4 Å². The molecular formula is C30H33F2N3O11S2. The fraction of sp³-hybridized carbons (Fsp3) is 0.400. The minimum Gasteiger partial charge on any atom is -0.493 e. The normalized spacial score (nSPS) is 15.8. The van der Waals surface area contributed by atoms with Crippen molar-refractivity contribution < 1.29 is 59.3 Å². The molecule has 3 heterocycles. The summed E-state index contributed by atoms with van der Waals surface area (Å²) >= 11 is 0. The molecule has 5 rings (SSSR count). The zero-order valence-electron chi connectivity index (χ0n) is 26.0. The van der Waals surface area contributed by atoms with Crippen molar-refractivity contribution in [2.45, 2.75) is 22.4 Å². The van der Waals surface area contributed by atoms with Gasteiger partial charge in [-0.3, -0.25) is 9.19 Å². The summed E-state index contributed by atoms with van der Waals surface area (Å²) in [5.41, 5.74) is 0.116. The molecule has 0 spiro atoms. The van der Waals surface area contributed by atoms with Gasteiger partial charge in [-0.2, -0.15) is 8.78 Å². The molecule has 0 saturated heterocycles. The molecule has 14 nitrogen and oxygen atoms in total. The van der Waals surface area contributed by atoms with E-state index in [1.165, 1.54) is 50.7 Å². The number of pyridine rings is 1. The Morgan fingerprint density at radius 2 is 1.54 bits per heavy atom. The molecule has 4 aromatic rings. The second-order valence-corrected chi connectivity index (χ2v) is 12.9. The van der Waals surface area contributed by atoms with Crippen molar-refractivity contribution in [3.8, 4) is 28.7 Å². The highest BCUT2D eigenvalue weighted by molar-refractivity contribution is 7.91. The van der Waals surface area contributed by atoms with Gasteiger partial charge in [0, 0.05) is 24.4 Å². The lowest BCUT2D eigenvalue weighted by atomic mass is 10.3. The van der Waals surface area contributed by atoms with E-state index < -0.39 is 32.6 Å². The lowest BCUT2D eigenvalue weighted by molar-refractivity contribution is -0.0497. The lowest BCUT2D eigenvalue weighted by Gasteiger charge is -2.16. The molecule has 2 aromatic carbocycles. The average Bonchev–Trinajstić information content (AvgIpc) is 3.46. The van der Waals surface area contributed by atoms with E-state index in [4.69, 9.17) is 33.2 Å². The summed E-state index contributed by atoms with van der Waals surface area (Å²) in [6, 6.07) is 9.07. The standard InChI is InChI=1S/C30H33F2N3O11S2/c1-39-26-7-8-33-23(28(26)40-2)19-47(36)30-34-22-5-3-20(46-29(31)32)17-24(22)35(30)48(37,38)21-4-6-25-27(18-21)45-16-14-43-12-10-41-9-11-42-13-15-44-25/h3-8,17-18,29H,9-16,19H2,1-2H3. The van der Waals surface area contributed by atoms with E-state index >= 15 is 0 Å². The Balaban J connectivity index is 1.57. The molecule has 0 radical (unpaired) electrons. The smallest absolute Gasteiger partial charge is 0.387 e. The maximum absolute atomic E-state index is 14.4. The zero-order chi connectivity index (χ0) is 34.1. The summed E-state index contributed by atoms with van der Waals surface area (Å²) in [5, 5.41) is -0.396. The molecule has 0 saturated carbocycles. The summed E-state index contributed by atoms with van der Waals surface area (Å²) in [6.45, 7) is -1.11. The van der Waals surface area contributed by atoms with Gasteiger partial charge in [0.15, 0.2) is 23.0 Å². The summed E-state index contributed by atoms with van der Waals surface area (Å²) in [6.07, 6.45) is 1.42. The van der Waals surface area contributed by atoms with Crippen molar-refractivity contribution in [3.05, 3.63) is 54.4 Å². The highest BCUT2D eigenvalue weighted by Crippen LogP contribution is 2.35. The van der Waals surface area contributed by atoms with Gasteiger partial charge in [0.05, 0.1) is 92.0 Å². The van der Waals surface area contributed by atoms with E-state index in [2.05, 4.69) is 14.7 Å². The van der Waals surface area contributed by atoms with Gasteiger partial charge >= 0.3 is 6.61 Å². The quantitative estimate of drug-likeness (QED) is 0.249. The van der Waals surface area contributed by atoms with Crippen LogP contribution in [0.2, 0.25) is 0 Å². The third kappa shape index (κ3) is 8.30. The predicted molar refractivity (Wildman–Crippen MR) is 166 cm³/mol. The Morgan fingerprint density at radius 3 is 2.19 bits per heavy atom. The highest BCUT2D eigenvalue weighted by Gasteiger charge is 2.30. The number of hydrogen-bond donors (Lipinski definition) is 0. The molecule has 18 heteroatoms. The second kappa shape index (κ2) is 16.3. The first-order valence-corrected chi connectivity index (χ1v) is 17.3.